The predicted octanol–water partition coefficient (Wildman–Crippen LogP) is 1.61. The van der Waals surface area contributed by atoms with Gasteiger partial charge in [0.25, 0.3) is 0 Å². The van der Waals surface area contributed by atoms with Crippen molar-refractivity contribution in [1.82, 2.24) is 9.78 Å². The Hall–Kier alpha value is -1.57. The molecule has 0 radical (unpaired) electrons. The van der Waals surface area contributed by atoms with Crippen molar-refractivity contribution in [3.63, 3.8) is 0 Å². The third kappa shape index (κ3) is 2.72. The van der Waals surface area contributed by atoms with Gasteiger partial charge in [0.15, 0.2) is 0 Å². The van der Waals surface area contributed by atoms with E-state index in [1.165, 1.54) is 4.88 Å². The normalized spacial score (nSPS) is 9.88. The van der Waals surface area contributed by atoms with Gasteiger partial charge in [-0.2, -0.15) is 5.10 Å². The second kappa shape index (κ2) is 4.97. The summed E-state index contributed by atoms with van der Waals surface area (Å²) in [5.74, 6) is 5.88. The molecule has 0 aliphatic carbocycles. The maximum atomic E-state index is 5.33. The molecule has 3 nitrogen and oxygen atoms in total. The number of aromatic nitrogens is 2. The van der Waals surface area contributed by atoms with Gasteiger partial charge in [-0.25, -0.2) is 0 Å². The highest BCUT2D eigenvalue weighted by molar-refractivity contribution is 7.12. The number of nitrogens with zero attached hydrogens (tertiary/aromatic N) is 2. The van der Waals surface area contributed by atoms with Crippen LogP contribution in [0.25, 0.3) is 0 Å². The summed E-state index contributed by atoms with van der Waals surface area (Å²) in [7, 11) is 0. The highest BCUT2D eigenvalue weighted by Gasteiger charge is 2.00. The van der Waals surface area contributed by atoms with Crippen molar-refractivity contribution >= 4 is 11.3 Å². The molecule has 2 N–H and O–H groups in total. The van der Waals surface area contributed by atoms with Gasteiger partial charge in [-0.3, -0.25) is 4.68 Å². The molecule has 2 rings (SSSR count). The first-order valence-electron chi connectivity index (χ1n) is 5.05. The fourth-order valence-corrected chi connectivity index (χ4v) is 2.25. The predicted molar refractivity (Wildman–Crippen MR) is 66.3 cm³/mol. The average molecular weight is 231 g/mol. The van der Waals surface area contributed by atoms with Gasteiger partial charge in [-0.15, -0.1) is 11.3 Å². The quantitative estimate of drug-likeness (QED) is 0.798. The summed E-state index contributed by atoms with van der Waals surface area (Å²) in [4.78, 5) is 2.31. The van der Waals surface area contributed by atoms with E-state index in [0.717, 1.165) is 17.1 Å². The van der Waals surface area contributed by atoms with Crippen LogP contribution in [-0.4, -0.2) is 16.3 Å². The van der Waals surface area contributed by atoms with Crippen molar-refractivity contribution in [2.75, 3.05) is 6.54 Å². The third-order valence-corrected chi connectivity index (χ3v) is 3.05. The van der Waals surface area contributed by atoms with Crippen molar-refractivity contribution in [2.45, 2.75) is 13.5 Å². The van der Waals surface area contributed by atoms with Crippen LogP contribution in [0.5, 0.6) is 0 Å². The summed E-state index contributed by atoms with van der Waals surface area (Å²) in [6, 6.07) is 6.12. The molecule has 82 valence electrons. The van der Waals surface area contributed by atoms with Gasteiger partial charge >= 0.3 is 0 Å². The minimum absolute atomic E-state index is 0.408. The van der Waals surface area contributed by atoms with Crippen molar-refractivity contribution < 1.29 is 0 Å². The van der Waals surface area contributed by atoms with Gasteiger partial charge in [-0.05, 0) is 25.1 Å². The van der Waals surface area contributed by atoms with Crippen molar-refractivity contribution in [2.24, 2.45) is 5.73 Å². The first kappa shape index (κ1) is 10.9. The smallest absolute Gasteiger partial charge is 0.0772 e. The van der Waals surface area contributed by atoms with Crippen LogP contribution in [0.2, 0.25) is 0 Å². The summed E-state index contributed by atoms with van der Waals surface area (Å²) >= 11 is 1.69. The molecule has 0 spiro atoms. The first-order valence-corrected chi connectivity index (χ1v) is 5.87. The number of nitrogens with two attached hydrogens (primary N) is 1. The molecule has 0 amide bonds. The van der Waals surface area contributed by atoms with E-state index in [2.05, 4.69) is 23.0 Å². The zero-order valence-corrected chi connectivity index (χ0v) is 9.92. The number of hydrogen-bond donors (Lipinski definition) is 1. The molecular weight excluding hydrogens is 218 g/mol. The average Bonchev–Trinajstić information content (AvgIpc) is 2.86. The summed E-state index contributed by atoms with van der Waals surface area (Å²) in [6.07, 6.45) is 1.99. The summed E-state index contributed by atoms with van der Waals surface area (Å²) in [5.41, 5.74) is 6.37. The van der Waals surface area contributed by atoms with Gasteiger partial charge in [0, 0.05) is 11.1 Å². The highest BCUT2D eigenvalue weighted by atomic mass is 32.1. The number of aryl methyl sites for hydroxylation is 1. The minimum atomic E-state index is 0.408. The lowest BCUT2D eigenvalue weighted by Gasteiger charge is -1.96. The number of hydrogen-bond acceptors (Lipinski definition) is 3. The molecule has 0 saturated heterocycles. The lowest BCUT2D eigenvalue weighted by Crippen LogP contribution is -1.98. The molecule has 0 aromatic carbocycles. The Morgan fingerprint density at radius 2 is 2.31 bits per heavy atom. The maximum Gasteiger partial charge on any atom is 0.0772 e. The van der Waals surface area contributed by atoms with Crippen LogP contribution in [0.3, 0.4) is 0 Å². The Balaban J connectivity index is 2.08. The molecule has 0 aliphatic rings. The van der Waals surface area contributed by atoms with E-state index in [9.17, 15) is 0 Å². The summed E-state index contributed by atoms with van der Waals surface area (Å²) < 4.78 is 1.93. The Bertz CT molecular complexity index is 528. The Kier molecular flexibility index (Phi) is 3.40. The Morgan fingerprint density at radius 1 is 1.44 bits per heavy atom. The van der Waals surface area contributed by atoms with Crippen molar-refractivity contribution in [3.05, 3.63) is 39.8 Å². The molecule has 4 heteroatoms. The van der Waals surface area contributed by atoms with E-state index >= 15 is 0 Å². The molecule has 2 aromatic rings. The second-order valence-corrected chi connectivity index (χ2v) is 4.59. The van der Waals surface area contributed by atoms with E-state index in [-0.39, 0.29) is 0 Å². The Morgan fingerprint density at radius 3 is 3.00 bits per heavy atom. The van der Waals surface area contributed by atoms with Crippen molar-refractivity contribution in [3.8, 4) is 11.8 Å². The molecule has 0 saturated carbocycles. The molecule has 2 aromatic heterocycles. The second-order valence-electron chi connectivity index (χ2n) is 3.43. The number of rotatable bonds is 2. The third-order valence-electron chi connectivity index (χ3n) is 2.07. The van der Waals surface area contributed by atoms with E-state index in [1.807, 2.05) is 29.9 Å². The molecule has 2 heterocycles. The molecule has 0 bridgehead atoms. The monoisotopic (exact) mass is 231 g/mol. The fourth-order valence-electron chi connectivity index (χ4n) is 1.38. The van der Waals surface area contributed by atoms with Gasteiger partial charge in [0.05, 0.1) is 23.7 Å². The van der Waals surface area contributed by atoms with Crippen LogP contribution in [-0.2, 0) is 6.54 Å². The summed E-state index contributed by atoms with van der Waals surface area (Å²) in [6.45, 7) is 3.21. The largest absolute Gasteiger partial charge is 0.320 e. The molecule has 0 fully saturated rings. The van der Waals surface area contributed by atoms with E-state index in [4.69, 9.17) is 5.73 Å². The fraction of sp³-hybridized carbons (Fsp3) is 0.250. The van der Waals surface area contributed by atoms with E-state index in [1.54, 1.807) is 11.3 Å². The molecule has 0 unspecified atom stereocenters. The van der Waals surface area contributed by atoms with Crippen LogP contribution < -0.4 is 5.73 Å². The lowest BCUT2D eigenvalue weighted by atomic mass is 10.4. The SMILES string of the molecule is Cc1ccn(Cc2ccc(C#CCN)s2)n1. The van der Waals surface area contributed by atoms with Crippen LogP contribution in [0.4, 0.5) is 0 Å². The minimum Gasteiger partial charge on any atom is -0.320 e. The molecule has 0 atom stereocenters. The zero-order chi connectivity index (χ0) is 11.4. The summed E-state index contributed by atoms with van der Waals surface area (Å²) in [5, 5.41) is 4.34. The Labute approximate surface area is 98.9 Å². The van der Waals surface area contributed by atoms with Gasteiger partial charge < -0.3 is 5.73 Å². The molecule has 0 aliphatic heterocycles. The zero-order valence-electron chi connectivity index (χ0n) is 9.10. The van der Waals surface area contributed by atoms with Crippen LogP contribution in [0.1, 0.15) is 15.4 Å². The maximum absolute atomic E-state index is 5.33. The van der Waals surface area contributed by atoms with Crippen molar-refractivity contribution in [1.29, 1.82) is 0 Å². The van der Waals surface area contributed by atoms with Crippen LogP contribution >= 0.6 is 11.3 Å². The molecular formula is C12H13N3S. The first-order chi connectivity index (χ1) is 7.78. The van der Waals surface area contributed by atoms with Gasteiger partial charge in [-0.1, -0.05) is 11.8 Å². The van der Waals surface area contributed by atoms with Crippen LogP contribution in [0.15, 0.2) is 24.4 Å². The lowest BCUT2D eigenvalue weighted by molar-refractivity contribution is 0.687. The van der Waals surface area contributed by atoms with Crippen LogP contribution in [0, 0.1) is 18.8 Å². The highest BCUT2D eigenvalue weighted by Crippen LogP contribution is 2.16. The number of thiophene rings is 1. The molecule has 16 heavy (non-hydrogen) atoms. The topological polar surface area (TPSA) is 43.8 Å². The van der Waals surface area contributed by atoms with Gasteiger partial charge in [0.2, 0.25) is 0 Å². The van der Waals surface area contributed by atoms with Gasteiger partial charge in [0.1, 0.15) is 0 Å². The standard InChI is InChI=1S/C12H13N3S/c1-10-6-8-15(14-10)9-12-5-4-11(16-12)3-2-7-13/h4-6,8H,7,9,13H2,1H3. The van der Waals surface area contributed by atoms with E-state index < -0.39 is 0 Å². The van der Waals surface area contributed by atoms with E-state index in [0.29, 0.717) is 6.54 Å².